The number of halogens is 2. The van der Waals surface area contributed by atoms with Crippen LogP contribution in [0.5, 0.6) is 5.75 Å². The lowest BCUT2D eigenvalue weighted by molar-refractivity contribution is -0.118. The van der Waals surface area contributed by atoms with Crippen LogP contribution in [-0.2, 0) is 4.79 Å². The minimum absolute atomic E-state index is 0.202. The van der Waals surface area contributed by atoms with Gasteiger partial charge in [-0.1, -0.05) is 35.9 Å². The second kappa shape index (κ2) is 7.14. The fourth-order valence-corrected chi connectivity index (χ4v) is 2.26. The van der Waals surface area contributed by atoms with Crippen molar-refractivity contribution in [2.75, 3.05) is 11.9 Å². The topological polar surface area (TPSA) is 67.0 Å². The first-order valence-electron chi connectivity index (χ1n) is 7.10. The molecule has 5 nitrogen and oxygen atoms in total. The van der Waals surface area contributed by atoms with Crippen LogP contribution in [0.2, 0.25) is 5.02 Å². The normalized spacial score (nSPS) is 10.4. The Balaban J connectivity index is 1.60. The van der Waals surface area contributed by atoms with E-state index in [1.165, 1.54) is 12.1 Å². The van der Waals surface area contributed by atoms with Crippen molar-refractivity contribution in [2.24, 2.45) is 0 Å². The summed E-state index contributed by atoms with van der Waals surface area (Å²) in [4.78, 5) is 11.9. The number of hydrogen-bond acceptors (Lipinski definition) is 3. The molecular formula is C17H13ClFN3O2. The molecule has 2 aromatic carbocycles. The van der Waals surface area contributed by atoms with E-state index in [4.69, 9.17) is 16.3 Å². The van der Waals surface area contributed by atoms with Gasteiger partial charge in [-0.3, -0.25) is 9.89 Å². The number of benzene rings is 2. The third-order valence-corrected chi connectivity index (χ3v) is 3.49. The highest BCUT2D eigenvalue weighted by molar-refractivity contribution is 6.32. The van der Waals surface area contributed by atoms with Gasteiger partial charge in [0.15, 0.2) is 12.4 Å². The molecule has 0 spiro atoms. The maximum atomic E-state index is 13.2. The summed E-state index contributed by atoms with van der Waals surface area (Å²) < 4.78 is 18.6. The van der Waals surface area contributed by atoms with Gasteiger partial charge in [-0.25, -0.2) is 4.39 Å². The summed E-state index contributed by atoms with van der Waals surface area (Å²) in [6.07, 6.45) is 0. The Bertz CT molecular complexity index is 866. The van der Waals surface area contributed by atoms with Crippen LogP contribution in [-0.4, -0.2) is 22.7 Å². The molecule has 0 radical (unpaired) electrons. The third-order valence-electron chi connectivity index (χ3n) is 3.18. The zero-order chi connectivity index (χ0) is 16.9. The Labute approximate surface area is 142 Å². The van der Waals surface area contributed by atoms with Gasteiger partial charge in [-0.2, -0.15) is 5.10 Å². The minimum atomic E-state index is -0.382. The van der Waals surface area contributed by atoms with Crippen LogP contribution in [0.1, 0.15) is 0 Å². The number of anilines is 1. The number of hydrogen-bond donors (Lipinski definition) is 2. The standard InChI is InChI=1S/C17H13ClFN3O2/c18-13-6-1-2-7-15(13)24-10-17(23)20-16-9-14(21-22-16)11-4-3-5-12(19)8-11/h1-9H,10H2,(H2,20,21,22,23). The number of rotatable bonds is 5. The fraction of sp³-hybridized carbons (Fsp3) is 0.0588. The molecule has 7 heteroatoms. The molecule has 0 aliphatic heterocycles. The number of carbonyl (C=O) groups excluding carboxylic acids is 1. The van der Waals surface area contributed by atoms with Crippen LogP contribution in [0.15, 0.2) is 54.6 Å². The second-order valence-electron chi connectivity index (χ2n) is 4.94. The number of H-pyrrole nitrogens is 1. The summed E-state index contributed by atoms with van der Waals surface area (Å²) in [6.45, 7) is -0.202. The molecule has 0 saturated carbocycles. The lowest BCUT2D eigenvalue weighted by Gasteiger charge is -2.07. The Morgan fingerprint density at radius 1 is 1.21 bits per heavy atom. The SMILES string of the molecule is O=C(COc1ccccc1Cl)Nc1cc(-c2cccc(F)c2)[nH]n1. The predicted molar refractivity (Wildman–Crippen MR) is 89.6 cm³/mol. The number of nitrogens with zero attached hydrogens (tertiary/aromatic N) is 1. The van der Waals surface area contributed by atoms with E-state index in [0.717, 1.165) is 0 Å². The molecule has 0 fully saturated rings. The maximum absolute atomic E-state index is 13.2. The quantitative estimate of drug-likeness (QED) is 0.737. The molecule has 3 aromatic rings. The van der Waals surface area contributed by atoms with Gasteiger partial charge < -0.3 is 10.1 Å². The predicted octanol–water partition coefficient (Wildman–Crippen LogP) is 3.89. The van der Waals surface area contributed by atoms with Crippen LogP contribution < -0.4 is 10.1 Å². The molecular weight excluding hydrogens is 333 g/mol. The Morgan fingerprint density at radius 2 is 2.04 bits per heavy atom. The van der Waals surface area contributed by atoms with Crippen molar-refractivity contribution in [2.45, 2.75) is 0 Å². The molecule has 0 unspecified atom stereocenters. The van der Waals surface area contributed by atoms with E-state index in [2.05, 4.69) is 15.5 Å². The van der Waals surface area contributed by atoms with Crippen molar-refractivity contribution < 1.29 is 13.9 Å². The molecule has 0 atom stereocenters. The van der Waals surface area contributed by atoms with Crippen molar-refractivity contribution in [3.63, 3.8) is 0 Å². The first-order valence-corrected chi connectivity index (χ1v) is 7.48. The van der Waals surface area contributed by atoms with Gasteiger partial charge >= 0.3 is 0 Å². The van der Waals surface area contributed by atoms with Gasteiger partial charge in [-0.05, 0) is 24.3 Å². The van der Waals surface area contributed by atoms with Gasteiger partial charge in [0, 0.05) is 11.6 Å². The highest BCUT2D eigenvalue weighted by atomic mass is 35.5. The molecule has 2 N–H and O–H groups in total. The van der Waals surface area contributed by atoms with E-state index >= 15 is 0 Å². The molecule has 1 amide bonds. The highest BCUT2D eigenvalue weighted by Gasteiger charge is 2.09. The van der Waals surface area contributed by atoms with Crippen LogP contribution in [0.4, 0.5) is 10.2 Å². The minimum Gasteiger partial charge on any atom is -0.482 e. The summed E-state index contributed by atoms with van der Waals surface area (Å²) >= 11 is 5.95. The van der Waals surface area contributed by atoms with Crippen molar-refractivity contribution >= 4 is 23.3 Å². The number of aromatic amines is 1. The fourth-order valence-electron chi connectivity index (χ4n) is 2.07. The Morgan fingerprint density at radius 3 is 2.83 bits per heavy atom. The molecule has 0 aliphatic carbocycles. The number of aromatic nitrogens is 2. The summed E-state index contributed by atoms with van der Waals surface area (Å²) in [5.74, 6) is 0.0202. The number of amides is 1. The lowest BCUT2D eigenvalue weighted by Crippen LogP contribution is -2.20. The van der Waals surface area contributed by atoms with E-state index in [9.17, 15) is 9.18 Å². The zero-order valence-electron chi connectivity index (χ0n) is 12.4. The van der Waals surface area contributed by atoms with Crippen molar-refractivity contribution in [1.82, 2.24) is 10.2 Å². The summed E-state index contributed by atoms with van der Waals surface area (Å²) in [5.41, 5.74) is 1.23. The summed E-state index contributed by atoms with van der Waals surface area (Å²) in [7, 11) is 0. The number of nitrogens with one attached hydrogen (secondary N) is 2. The molecule has 0 saturated heterocycles. The Hall–Kier alpha value is -2.86. The van der Waals surface area contributed by atoms with Crippen molar-refractivity contribution in [3.05, 3.63) is 65.4 Å². The molecule has 24 heavy (non-hydrogen) atoms. The Kier molecular flexibility index (Phi) is 4.77. The number of ether oxygens (including phenoxy) is 1. The summed E-state index contributed by atoms with van der Waals surface area (Å²) in [6, 6.07) is 14.6. The largest absolute Gasteiger partial charge is 0.482 e. The highest BCUT2D eigenvalue weighted by Crippen LogP contribution is 2.23. The van der Waals surface area contributed by atoms with Crippen LogP contribution in [0.25, 0.3) is 11.3 Å². The smallest absolute Gasteiger partial charge is 0.263 e. The monoisotopic (exact) mass is 345 g/mol. The van der Waals surface area contributed by atoms with Crippen molar-refractivity contribution in [3.8, 4) is 17.0 Å². The van der Waals surface area contributed by atoms with Crippen LogP contribution >= 0.6 is 11.6 Å². The molecule has 1 aromatic heterocycles. The van der Waals surface area contributed by atoms with Gasteiger partial charge in [0.1, 0.15) is 11.6 Å². The zero-order valence-corrected chi connectivity index (χ0v) is 13.2. The van der Waals surface area contributed by atoms with Crippen molar-refractivity contribution in [1.29, 1.82) is 0 Å². The van der Waals surface area contributed by atoms with Crippen LogP contribution in [0.3, 0.4) is 0 Å². The molecule has 3 rings (SSSR count). The van der Waals surface area contributed by atoms with E-state index in [1.54, 1.807) is 42.5 Å². The van der Waals surface area contributed by atoms with Crippen LogP contribution in [0, 0.1) is 5.82 Å². The number of carbonyl (C=O) groups is 1. The number of para-hydroxylation sites is 1. The second-order valence-corrected chi connectivity index (χ2v) is 5.35. The first-order chi connectivity index (χ1) is 11.6. The maximum Gasteiger partial charge on any atom is 0.263 e. The third kappa shape index (κ3) is 3.91. The average molecular weight is 346 g/mol. The van der Waals surface area contributed by atoms with E-state index in [0.29, 0.717) is 27.8 Å². The van der Waals surface area contributed by atoms with E-state index < -0.39 is 0 Å². The molecule has 122 valence electrons. The van der Waals surface area contributed by atoms with Gasteiger partial charge in [0.25, 0.3) is 5.91 Å². The van der Waals surface area contributed by atoms with E-state index in [-0.39, 0.29) is 18.3 Å². The van der Waals surface area contributed by atoms with Gasteiger partial charge in [0.2, 0.25) is 0 Å². The average Bonchev–Trinajstić information content (AvgIpc) is 3.02. The summed E-state index contributed by atoms with van der Waals surface area (Å²) in [5, 5.41) is 9.74. The molecule has 1 heterocycles. The molecule has 0 bridgehead atoms. The van der Waals surface area contributed by atoms with Gasteiger partial charge in [-0.15, -0.1) is 0 Å². The van der Waals surface area contributed by atoms with E-state index in [1.807, 2.05) is 0 Å². The molecule has 0 aliphatic rings. The lowest BCUT2D eigenvalue weighted by atomic mass is 10.1. The van der Waals surface area contributed by atoms with Gasteiger partial charge in [0.05, 0.1) is 10.7 Å². The first kappa shape index (κ1) is 16.0.